The second-order valence-electron chi connectivity index (χ2n) is 3.86. The Balaban J connectivity index is 1.73. The van der Waals surface area contributed by atoms with E-state index in [2.05, 4.69) is 15.6 Å². The molecule has 0 aliphatic carbocycles. The van der Waals surface area contributed by atoms with Crippen molar-refractivity contribution in [3.8, 4) is 0 Å². The predicted octanol–water partition coefficient (Wildman–Crippen LogP) is 1.71. The van der Waals surface area contributed by atoms with Crippen LogP contribution in [0, 0.1) is 6.92 Å². The minimum atomic E-state index is -0.102. The number of aromatic nitrogens is 1. The highest BCUT2D eigenvalue weighted by atomic mass is 16.4. The number of nitrogens with zero attached hydrogens (tertiary/aromatic N) is 1. The normalized spacial score (nSPS) is 10.1. The summed E-state index contributed by atoms with van der Waals surface area (Å²) >= 11 is 0. The van der Waals surface area contributed by atoms with Crippen LogP contribution in [0.2, 0.25) is 0 Å². The number of hydrogen-bond acceptors (Lipinski definition) is 4. The zero-order valence-electron chi connectivity index (χ0n) is 10.1. The first kappa shape index (κ1) is 12.2. The number of rotatable bonds is 5. The van der Waals surface area contributed by atoms with Crippen molar-refractivity contribution >= 4 is 11.6 Å². The van der Waals surface area contributed by atoms with Crippen LogP contribution in [0.25, 0.3) is 0 Å². The molecule has 0 fully saturated rings. The van der Waals surface area contributed by atoms with Gasteiger partial charge in [0, 0.05) is 5.69 Å². The number of carbonyl (C=O) groups is 1. The van der Waals surface area contributed by atoms with Crippen LogP contribution in [0.1, 0.15) is 11.7 Å². The third-order valence-corrected chi connectivity index (χ3v) is 2.33. The first-order valence-corrected chi connectivity index (χ1v) is 5.71. The van der Waals surface area contributed by atoms with Gasteiger partial charge in [-0.2, -0.15) is 0 Å². The van der Waals surface area contributed by atoms with E-state index in [0.717, 1.165) is 11.4 Å². The molecule has 0 saturated heterocycles. The van der Waals surface area contributed by atoms with Crippen LogP contribution in [0.15, 0.2) is 40.9 Å². The summed E-state index contributed by atoms with van der Waals surface area (Å²) in [5.74, 6) is 1.15. The van der Waals surface area contributed by atoms with Gasteiger partial charge >= 0.3 is 0 Å². The summed E-state index contributed by atoms with van der Waals surface area (Å²) in [7, 11) is 0. The molecule has 1 amide bonds. The lowest BCUT2D eigenvalue weighted by Crippen LogP contribution is -2.29. The third kappa shape index (κ3) is 3.62. The highest BCUT2D eigenvalue weighted by Gasteiger charge is 2.04. The van der Waals surface area contributed by atoms with Gasteiger partial charge in [-0.25, -0.2) is 4.98 Å². The molecule has 0 atom stereocenters. The molecular weight excluding hydrogens is 230 g/mol. The molecular formula is C13H15N3O2. The van der Waals surface area contributed by atoms with Crippen LogP contribution in [0.5, 0.6) is 0 Å². The number of aryl methyl sites for hydroxylation is 1. The summed E-state index contributed by atoms with van der Waals surface area (Å²) in [5.41, 5.74) is 0.916. The molecule has 0 aliphatic rings. The molecule has 1 aromatic heterocycles. The molecule has 0 aliphatic heterocycles. The van der Waals surface area contributed by atoms with E-state index < -0.39 is 0 Å². The second kappa shape index (κ2) is 5.86. The standard InChI is InChI=1S/C13H15N3O2/c1-10-7-16-13(18-10)9-15-12(17)8-14-11-5-3-2-4-6-11/h2-7,14H,8-9H2,1H3,(H,15,17). The monoisotopic (exact) mass is 245 g/mol. The Morgan fingerprint density at radius 2 is 2.11 bits per heavy atom. The summed E-state index contributed by atoms with van der Waals surface area (Å²) in [6, 6.07) is 9.57. The van der Waals surface area contributed by atoms with E-state index in [0.29, 0.717) is 12.4 Å². The van der Waals surface area contributed by atoms with Crippen molar-refractivity contribution in [3.05, 3.63) is 48.2 Å². The smallest absolute Gasteiger partial charge is 0.239 e. The fraction of sp³-hybridized carbons (Fsp3) is 0.231. The number of amides is 1. The average Bonchev–Trinajstić information content (AvgIpc) is 2.81. The van der Waals surface area contributed by atoms with E-state index in [-0.39, 0.29) is 12.5 Å². The van der Waals surface area contributed by atoms with Crippen molar-refractivity contribution < 1.29 is 9.21 Å². The molecule has 0 bridgehead atoms. The molecule has 5 heteroatoms. The van der Waals surface area contributed by atoms with Crippen molar-refractivity contribution in [3.63, 3.8) is 0 Å². The van der Waals surface area contributed by atoms with E-state index in [1.54, 1.807) is 6.20 Å². The minimum absolute atomic E-state index is 0.102. The van der Waals surface area contributed by atoms with Crippen molar-refractivity contribution in [2.24, 2.45) is 0 Å². The van der Waals surface area contributed by atoms with Crippen LogP contribution < -0.4 is 10.6 Å². The average molecular weight is 245 g/mol. The number of oxazole rings is 1. The zero-order valence-corrected chi connectivity index (χ0v) is 10.1. The van der Waals surface area contributed by atoms with E-state index in [4.69, 9.17) is 4.42 Å². The summed E-state index contributed by atoms with van der Waals surface area (Å²) in [5, 5.41) is 5.75. The van der Waals surface area contributed by atoms with Gasteiger partial charge in [-0.1, -0.05) is 18.2 Å². The van der Waals surface area contributed by atoms with Crippen LogP contribution in [-0.4, -0.2) is 17.4 Å². The van der Waals surface area contributed by atoms with Gasteiger partial charge in [0.2, 0.25) is 11.8 Å². The van der Waals surface area contributed by atoms with Crippen LogP contribution in [0.3, 0.4) is 0 Å². The molecule has 0 radical (unpaired) electrons. The molecule has 94 valence electrons. The quantitative estimate of drug-likeness (QED) is 0.841. The maximum atomic E-state index is 11.6. The Bertz CT molecular complexity index is 508. The molecule has 0 saturated carbocycles. The highest BCUT2D eigenvalue weighted by molar-refractivity contribution is 5.80. The molecule has 2 rings (SSSR count). The summed E-state index contributed by atoms with van der Waals surface area (Å²) in [6.45, 7) is 2.35. The molecule has 0 spiro atoms. The fourth-order valence-electron chi connectivity index (χ4n) is 1.46. The number of carbonyl (C=O) groups excluding carboxylic acids is 1. The Hall–Kier alpha value is -2.30. The lowest BCUT2D eigenvalue weighted by Gasteiger charge is -2.06. The van der Waals surface area contributed by atoms with E-state index in [1.807, 2.05) is 37.3 Å². The topological polar surface area (TPSA) is 67.2 Å². The van der Waals surface area contributed by atoms with Crippen LogP contribution in [-0.2, 0) is 11.3 Å². The molecule has 2 N–H and O–H groups in total. The van der Waals surface area contributed by atoms with Crippen molar-refractivity contribution in [2.45, 2.75) is 13.5 Å². The van der Waals surface area contributed by atoms with Crippen molar-refractivity contribution in [2.75, 3.05) is 11.9 Å². The van der Waals surface area contributed by atoms with Gasteiger partial charge in [0.05, 0.1) is 19.3 Å². The Morgan fingerprint density at radius 1 is 1.33 bits per heavy atom. The Morgan fingerprint density at radius 3 is 2.78 bits per heavy atom. The third-order valence-electron chi connectivity index (χ3n) is 2.33. The van der Waals surface area contributed by atoms with Gasteiger partial charge in [0.25, 0.3) is 0 Å². The van der Waals surface area contributed by atoms with Gasteiger partial charge in [0.1, 0.15) is 5.76 Å². The van der Waals surface area contributed by atoms with Gasteiger partial charge in [-0.05, 0) is 19.1 Å². The van der Waals surface area contributed by atoms with E-state index in [1.165, 1.54) is 0 Å². The molecule has 0 unspecified atom stereocenters. The van der Waals surface area contributed by atoms with E-state index >= 15 is 0 Å². The second-order valence-corrected chi connectivity index (χ2v) is 3.86. The van der Waals surface area contributed by atoms with E-state index in [9.17, 15) is 4.79 Å². The van der Waals surface area contributed by atoms with Gasteiger partial charge in [-0.15, -0.1) is 0 Å². The minimum Gasteiger partial charge on any atom is -0.444 e. The van der Waals surface area contributed by atoms with Gasteiger partial charge in [0.15, 0.2) is 0 Å². The molecule has 1 aromatic carbocycles. The molecule has 2 aromatic rings. The first-order valence-electron chi connectivity index (χ1n) is 5.71. The Labute approximate surface area is 105 Å². The number of anilines is 1. The number of benzene rings is 1. The number of nitrogens with one attached hydrogen (secondary N) is 2. The number of para-hydroxylation sites is 1. The lowest BCUT2D eigenvalue weighted by atomic mass is 10.3. The predicted molar refractivity (Wildman–Crippen MR) is 68.0 cm³/mol. The Kier molecular flexibility index (Phi) is 3.96. The summed E-state index contributed by atoms with van der Waals surface area (Å²) in [6.07, 6.45) is 1.63. The number of hydrogen-bond donors (Lipinski definition) is 2. The molecule has 1 heterocycles. The van der Waals surface area contributed by atoms with Gasteiger partial charge < -0.3 is 15.1 Å². The lowest BCUT2D eigenvalue weighted by molar-refractivity contribution is -0.119. The van der Waals surface area contributed by atoms with Crippen LogP contribution >= 0.6 is 0 Å². The first-order chi connectivity index (χ1) is 8.74. The maximum absolute atomic E-state index is 11.6. The van der Waals surface area contributed by atoms with Gasteiger partial charge in [-0.3, -0.25) is 4.79 Å². The molecule has 5 nitrogen and oxygen atoms in total. The fourth-order valence-corrected chi connectivity index (χ4v) is 1.46. The highest BCUT2D eigenvalue weighted by Crippen LogP contribution is 2.04. The maximum Gasteiger partial charge on any atom is 0.239 e. The SMILES string of the molecule is Cc1cnc(CNC(=O)CNc2ccccc2)o1. The summed E-state index contributed by atoms with van der Waals surface area (Å²) in [4.78, 5) is 15.6. The van der Waals surface area contributed by atoms with Crippen molar-refractivity contribution in [1.82, 2.24) is 10.3 Å². The van der Waals surface area contributed by atoms with Crippen LogP contribution in [0.4, 0.5) is 5.69 Å². The summed E-state index contributed by atoms with van der Waals surface area (Å²) < 4.78 is 5.25. The molecule has 18 heavy (non-hydrogen) atoms. The zero-order chi connectivity index (χ0) is 12.8. The largest absolute Gasteiger partial charge is 0.444 e. The van der Waals surface area contributed by atoms with Crippen molar-refractivity contribution in [1.29, 1.82) is 0 Å².